The first kappa shape index (κ1) is 49.1. The Hall–Kier alpha value is -4.35. The second kappa shape index (κ2) is 21.8. The lowest BCUT2D eigenvalue weighted by atomic mass is 9.82. The molecule has 2 aliphatic rings. The fourth-order valence-corrected chi connectivity index (χ4v) is 20.2. The Morgan fingerprint density at radius 1 is 0.781 bits per heavy atom. The van der Waals surface area contributed by atoms with Gasteiger partial charge in [-0.15, -0.1) is 6.42 Å². The van der Waals surface area contributed by atoms with Gasteiger partial charge in [-0.25, -0.2) is 0 Å². The average molecular weight is 906 g/mol. The predicted octanol–water partition coefficient (Wildman–Crippen LogP) is 11.4. The van der Waals surface area contributed by atoms with E-state index in [0.717, 1.165) is 51.4 Å². The zero-order chi connectivity index (χ0) is 45.9. The minimum atomic E-state index is -2.98. The van der Waals surface area contributed by atoms with Crippen molar-refractivity contribution in [1.82, 2.24) is 0 Å². The zero-order valence-electron chi connectivity index (χ0n) is 39.7. The third-order valence-electron chi connectivity index (χ3n) is 13.5. The summed E-state index contributed by atoms with van der Waals surface area (Å²) < 4.78 is 21.7. The minimum absolute atomic E-state index is 0.00379. The van der Waals surface area contributed by atoms with Gasteiger partial charge in [0.2, 0.25) is 0 Å². The van der Waals surface area contributed by atoms with E-state index in [1.165, 1.54) is 26.5 Å². The SMILES string of the molecule is C#CC#CC12CC(O[Si](c3ccccc3)(c3ccccc3)C(C)(C)C)C(C=C[C@H](CCCCC)O[Si](c3ccccc3)(c3ccccc3)C(C)(C)C)C1CC(CCCC(=S)OCC)=N2. The second-order valence-electron chi connectivity index (χ2n) is 19.8. The molecule has 7 heteroatoms. The van der Waals surface area contributed by atoms with Crippen LogP contribution in [-0.2, 0) is 13.6 Å². The highest BCUT2D eigenvalue weighted by molar-refractivity contribution is 7.80. The summed E-state index contributed by atoms with van der Waals surface area (Å²) in [7, 11) is -5.87. The zero-order valence-corrected chi connectivity index (χ0v) is 42.6. The van der Waals surface area contributed by atoms with Crippen LogP contribution in [0.2, 0.25) is 10.1 Å². The maximum absolute atomic E-state index is 8.12. The largest absolute Gasteiger partial charge is 0.487 e. The standard InChI is InChI=1S/C57H71NO3SSi2/c1-10-13-19-30-46(60-63(55(4,5)6,47-31-20-15-21-32-47)48-33-22-16-23-34-48)40-41-51-52-43-45(29-28-39-54(62)59-12-3)58-57(52,42-14-11-2)44-53(51)61-64(56(7,8)9,49-35-24-17-25-36-49)50-37-26-18-27-38-50/h2,15-18,20-27,31-38,40-41,46,51-53H,10,12-13,19,28-30,39,43-44H2,1,3-9H3/t46-,51?,52?,53?,57?/m0/s1. The predicted molar refractivity (Wildman–Crippen MR) is 279 cm³/mol. The van der Waals surface area contributed by atoms with Crippen LogP contribution in [0.3, 0.4) is 0 Å². The Kier molecular flexibility index (Phi) is 16.7. The highest BCUT2D eigenvalue weighted by atomic mass is 32.1. The number of ether oxygens (including phenoxy) is 1. The monoisotopic (exact) mass is 905 g/mol. The molecule has 6 rings (SSSR count). The molecule has 0 radical (unpaired) electrons. The number of nitrogens with zero attached hydrogens (tertiary/aromatic N) is 1. The Bertz CT molecular complexity index is 2200. The third-order valence-corrected chi connectivity index (χ3v) is 23.9. The molecule has 0 N–H and O–H groups in total. The van der Waals surface area contributed by atoms with Crippen molar-refractivity contribution in [2.45, 2.75) is 141 Å². The number of thiocarbonyl (C=S) groups is 1. The molecule has 4 aromatic rings. The number of hydrogen-bond acceptors (Lipinski definition) is 5. The van der Waals surface area contributed by atoms with Gasteiger partial charge in [0.25, 0.3) is 16.6 Å². The topological polar surface area (TPSA) is 40.0 Å². The van der Waals surface area contributed by atoms with Crippen LogP contribution in [0.5, 0.6) is 0 Å². The normalized spacial score (nSPS) is 20.5. The number of hydrogen-bond donors (Lipinski definition) is 0. The lowest BCUT2D eigenvalue weighted by molar-refractivity contribution is 0.153. The summed E-state index contributed by atoms with van der Waals surface area (Å²) in [5.74, 6) is 9.43. The lowest BCUT2D eigenvalue weighted by Gasteiger charge is -2.46. The lowest BCUT2D eigenvalue weighted by Crippen LogP contribution is -2.68. The van der Waals surface area contributed by atoms with E-state index in [9.17, 15) is 0 Å². The van der Waals surface area contributed by atoms with Gasteiger partial charge >= 0.3 is 0 Å². The van der Waals surface area contributed by atoms with E-state index in [1.807, 2.05) is 6.92 Å². The first-order valence-corrected chi connectivity index (χ1v) is 27.9. The minimum Gasteiger partial charge on any atom is -0.487 e. The summed E-state index contributed by atoms with van der Waals surface area (Å²) in [6, 6.07) is 44.0. The first-order valence-electron chi connectivity index (χ1n) is 23.7. The molecule has 5 atom stereocenters. The fourth-order valence-electron chi connectivity index (χ4n) is 10.6. The van der Waals surface area contributed by atoms with Crippen molar-refractivity contribution in [3.63, 3.8) is 0 Å². The van der Waals surface area contributed by atoms with Gasteiger partial charge in [-0.2, -0.15) is 0 Å². The number of rotatable bonds is 19. The van der Waals surface area contributed by atoms with Crippen LogP contribution >= 0.6 is 12.2 Å². The smallest absolute Gasteiger partial charge is 0.261 e. The molecule has 0 amide bonds. The van der Waals surface area contributed by atoms with Gasteiger partial charge < -0.3 is 13.6 Å². The number of fused-ring (bicyclic) bond motifs is 1. The van der Waals surface area contributed by atoms with E-state index in [-0.39, 0.29) is 34.1 Å². The second-order valence-corrected chi connectivity index (χ2v) is 28.7. The van der Waals surface area contributed by atoms with Gasteiger partial charge in [0.15, 0.2) is 5.05 Å². The van der Waals surface area contributed by atoms with Crippen molar-refractivity contribution in [3.8, 4) is 24.2 Å². The number of terminal acetylenes is 1. The molecule has 1 heterocycles. The summed E-state index contributed by atoms with van der Waals surface area (Å²) in [5.41, 5.74) is 0.505. The van der Waals surface area contributed by atoms with Crippen LogP contribution in [0, 0.1) is 36.0 Å². The van der Waals surface area contributed by atoms with Gasteiger partial charge in [-0.05, 0) is 87.5 Å². The van der Waals surface area contributed by atoms with E-state index < -0.39 is 22.2 Å². The third kappa shape index (κ3) is 10.7. The maximum atomic E-state index is 8.12. The average Bonchev–Trinajstić information content (AvgIpc) is 3.77. The quantitative estimate of drug-likeness (QED) is 0.0309. The Balaban J connectivity index is 1.51. The molecule has 64 heavy (non-hydrogen) atoms. The van der Waals surface area contributed by atoms with Crippen LogP contribution in [0.1, 0.15) is 113 Å². The van der Waals surface area contributed by atoms with Crippen LogP contribution in [-0.4, -0.2) is 51.8 Å². The molecule has 1 fully saturated rings. The Morgan fingerprint density at radius 3 is 1.77 bits per heavy atom. The van der Waals surface area contributed by atoms with Gasteiger partial charge in [-0.3, -0.25) is 4.99 Å². The van der Waals surface area contributed by atoms with Crippen molar-refractivity contribution in [3.05, 3.63) is 133 Å². The molecule has 4 nitrogen and oxygen atoms in total. The van der Waals surface area contributed by atoms with Crippen molar-refractivity contribution >= 4 is 60.4 Å². The maximum Gasteiger partial charge on any atom is 0.261 e. The summed E-state index contributed by atoms with van der Waals surface area (Å²) in [5, 5.41) is 5.40. The van der Waals surface area contributed by atoms with E-state index in [0.29, 0.717) is 18.1 Å². The summed E-state index contributed by atoms with van der Waals surface area (Å²) in [6.07, 6.45) is 18.8. The van der Waals surface area contributed by atoms with Gasteiger partial charge in [0.05, 0.1) is 18.8 Å². The van der Waals surface area contributed by atoms with Crippen LogP contribution in [0.15, 0.2) is 138 Å². The molecule has 0 saturated heterocycles. The molecule has 1 saturated carbocycles. The molecule has 1 aliphatic carbocycles. The van der Waals surface area contributed by atoms with Gasteiger partial charge in [0.1, 0.15) is 5.54 Å². The van der Waals surface area contributed by atoms with Crippen molar-refractivity contribution < 1.29 is 13.6 Å². The molecule has 4 aromatic carbocycles. The molecule has 336 valence electrons. The summed E-state index contributed by atoms with van der Waals surface area (Å²) in [4.78, 5) is 5.60. The number of benzene rings is 4. The van der Waals surface area contributed by atoms with Gasteiger partial charge in [0, 0.05) is 30.4 Å². The van der Waals surface area contributed by atoms with Crippen molar-refractivity contribution in [1.29, 1.82) is 0 Å². The van der Waals surface area contributed by atoms with E-state index in [2.05, 4.69) is 200 Å². The molecule has 0 aromatic heterocycles. The fraction of sp³-hybridized carbons (Fsp3) is 0.439. The Morgan fingerprint density at radius 2 is 1.30 bits per heavy atom. The van der Waals surface area contributed by atoms with Crippen LogP contribution < -0.4 is 20.7 Å². The molecular weight excluding hydrogens is 835 g/mol. The van der Waals surface area contributed by atoms with Crippen molar-refractivity contribution in [2.75, 3.05) is 6.61 Å². The first-order chi connectivity index (χ1) is 30.7. The van der Waals surface area contributed by atoms with Crippen LogP contribution in [0.25, 0.3) is 0 Å². The number of aliphatic imine (C=N–C) groups is 1. The molecule has 0 spiro atoms. The van der Waals surface area contributed by atoms with E-state index in [1.54, 1.807) is 0 Å². The molecule has 0 bridgehead atoms. The summed E-state index contributed by atoms with van der Waals surface area (Å²) in [6.45, 7) is 19.0. The molecule has 1 aliphatic heterocycles. The van der Waals surface area contributed by atoms with Gasteiger partial charge in [-0.1, -0.05) is 207 Å². The summed E-state index contributed by atoms with van der Waals surface area (Å²) >= 11 is 5.53. The van der Waals surface area contributed by atoms with E-state index >= 15 is 0 Å². The highest BCUT2D eigenvalue weighted by Gasteiger charge is 2.60. The molecular formula is C57H71NO3SSi2. The van der Waals surface area contributed by atoms with Crippen LogP contribution in [0.4, 0.5) is 0 Å². The van der Waals surface area contributed by atoms with Crippen molar-refractivity contribution in [2.24, 2.45) is 16.8 Å². The highest BCUT2D eigenvalue weighted by Crippen LogP contribution is 2.53. The Labute approximate surface area is 394 Å². The van der Waals surface area contributed by atoms with E-state index in [4.69, 9.17) is 37.2 Å². The number of unbranched alkanes of at least 4 members (excludes halogenated alkanes) is 2. The molecule has 4 unspecified atom stereocenters.